The normalized spacial score (nSPS) is 25.4. The lowest BCUT2D eigenvalue weighted by atomic mass is 10.2. The Bertz CT molecular complexity index is 567. The molecule has 1 aliphatic heterocycles. The molecule has 0 spiro atoms. The van der Waals surface area contributed by atoms with Gasteiger partial charge in [-0.3, -0.25) is 4.79 Å². The number of primary amides is 1. The summed E-state index contributed by atoms with van der Waals surface area (Å²) in [5.74, 6) is -0.324. The van der Waals surface area contributed by atoms with Crippen LogP contribution in [0.1, 0.15) is 12.2 Å². The smallest absolute Gasteiger partial charge is 0.260 e. The van der Waals surface area contributed by atoms with Crippen LogP contribution in [0.4, 0.5) is 0 Å². The van der Waals surface area contributed by atoms with Gasteiger partial charge in [0.2, 0.25) is 5.91 Å². The number of aromatic nitrogens is 2. The van der Waals surface area contributed by atoms with Gasteiger partial charge in [0, 0.05) is 13.0 Å². The number of rotatable bonds is 3. The third kappa shape index (κ3) is 2.11. The van der Waals surface area contributed by atoms with Crippen LogP contribution in [0.15, 0.2) is 11.2 Å². The highest BCUT2D eigenvalue weighted by molar-refractivity contribution is 7.89. The summed E-state index contributed by atoms with van der Waals surface area (Å²) in [6, 6.07) is -1.02. The number of nitrogens with one attached hydrogen (secondary N) is 1. The third-order valence-electron chi connectivity index (χ3n) is 2.83. The molecule has 0 radical (unpaired) electrons. The molecule has 2 unspecified atom stereocenters. The molecule has 100 valence electrons. The number of aryl methyl sites for hydroxylation is 1. The van der Waals surface area contributed by atoms with Crippen LogP contribution in [-0.4, -0.2) is 52.4 Å². The highest BCUT2D eigenvalue weighted by Crippen LogP contribution is 2.25. The van der Waals surface area contributed by atoms with Gasteiger partial charge in [-0.05, 0) is 6.92 Å². The predicted molar refractivity (Wildman–Crippen MR) is 60.8 cm³/mol. The van der Waals surface area contributed by atoms with Crippen LogP contribution >= 0.6 is 0 Å². The number of hydrogen-bond acceptors (Lipinski definition) is 5. The summed E-state index contributed by atoms with van der Waals surface area (Å²) < 4.78 is 25.4. The van der Waals surface area contributed by atoms with Crippen LogP contribution in [0.3, 0.4) is 0 Å². The molecule has 2 heterocycles. The van der Waals surface area contributed by atoms with Gasteiger partial charge in [-0.25, -0.2) is 13.4 Å². The van der Waals surface area contributed by atoms with Gasteiger partial charge in [0.25, 0.3) is 10.0 Å². The van der Waals surface area contributed by atoms with Crippen molar-refractivity contribution in [1.29, 1.82) is 0 Å². The Morgan fingerprint density at radius 1 is 1.67 bits per heavy atom. The van der Waals surface area contributed by atoms with Crippen molar-refractivity contribution in [2.45, 2.75) is 30.5 Å². The number of carbonyl (C=O) groups is 1. The number of H-pyrrole nitrogens is 1. The summed E-state index contributed by atoms with van der Waals surface area (Å²) in [5.41, 5.74) is 5.15. The van der Waals surface area contributed by atoms with E-state index in [4.69, 9.17) is 5.73 Å². The number of hydrogen-bond donors (Lipinski definition) is 3. The van der Waals surface area contributed by atoms with E-state index in [2.05, 4.69) is 9.97 Å². The Morgan fingerprint density at radius 3 is 2.83 bits per heavy atom. The van der Waals surface area contributed by atoms with Crippen LogP contribution in [0.25, 0.3) is 0 Å². The predicted octanol–water partition coefficient (Wildman–Crippen LogP) is -1.67. The first-order valence-corrected chi connectivity index (χ1v) is 6.77. The van der Waals surface area contributed by atoms with E-state index in [1.54, 1.807) is 6.92 Å². The summed E-state index contributed by atoms with van der Waals surface area (Å²) in [7, 11) is -3.89. The van der Waals surface area contributed by atoms with Crippen molar-refractivity contribution in [2.24, 2.45) is 5.73 Å². The average Bonchev–Trinajstić information content (AvgIpc) is 2.84. The molecule has 1 fully saturated rings. The highest BCUT2D eigenvalue weighted by Gasteiger charge is 2.43. The molecule has 2 rings (SSSR count). The Morgan fingerprint density at radius 2 is 2.33 bits per heavy atom. The first kappa shape index (κ1) is 13.0. The van der Waals surface area contributed by atoms with Crippen molar-refractivity contribution in [3.63, 3.8) is 0 Å². The molecule has 0 aromatic carbocycles. The van der Waals surface area contributed by atoms with E-state index in [9.17, 15) is 18.3 Å². The zero-order chi connectivity index (χ0) is 13.5. The average molecular weight is 274 g/mol. The number of aromatic amines is 1. The molecule has 8 nitrogen and oxygen atoms in total. The van der Waals surface area contributed by atoms with E-state index in [0.717, 1.165) is 4.31 Å². The molecule has 0 bridgehead atoms. The number of sulfonamides is 1. The Balaban J connectivity index is 2.38. The SMILES string of the molecule is Cc1ncc(S(=O)(=O)N2CC(O)CC2C(N)=O)[nH]1. The van der Waals surface area contributed by atoms with Crippen molar-refractivity contribution in [1.82, 2.24) is 14.3 Å². The zero-order valence-electron chi connectivity index (χ0n) is 9.70. The lowest BCUT2D eigenvalue weighted by Gasteiger charge is -2.20. The molecule has 9 heteroatoms. The molecule has 18 heavy (non-hydrogen) atoms. The molecule has 1 aromatic rings. The number of imidazole rings is 1. The fourth-order valence-electron chi connectivity index (χ4n) is 1.96. The summed E-state index contributed by atoms with van der Waals surface area (Å²) in [5, 5.41) is 9.38. The van der Waals surface area contributed by atoms with Gasteiger partial charge in [-0.1, -0.05) is 0 Å². The molecular formula is C9H14N4O4S. The van der Waals surface area contributed by atoms with Crippen LogP contribution in [-0.2, 0) is 14.8 Å². The molecule has 1 aromatic heterocycles. The Hall–Kier alpha value is -1.45. The minimum absolute atomic E-state index is 0.0156. The number of β-amino-alcohol motifs (C(OH)–C–C–N with tert-alkyl or cyclic N) is 1. The maximum absolute atomic E-state index is 12.2. The minimum atomic E-state index is -3.89. The summed E-state index contributed by atoms with van der Waals surface area (Å²) in [6.07, 6.45) is 0.302. The lowest BCUT2D eigenvalue weighted by molar-refractivity contribution is -0.121. The van der Waals surface area contributed by atoms with E-state index < -0.39 is 28.1 Å². The summed E-state index contributed by atoms with van der Waals surface area (Å²) >= 11 is 0. The molecule has 1 amide bonds. The molecule has 1 aliphatic rings. The van der Waals surface area contributed by atoms with Crippen molar-refractivity contribution in [3.8, 4) is 0 Å². The van der Waals surface area contributed by atoms with Gasteiger partial charge in [-0.15, -0.1) is 0 Å². The Kier molecular flexibility index (Phi) is 3.13. The first-order chi connectivity index (χ1) is 8.32. The fourth-order valence-corrected chi connectivity index (χ4v) is 3.57. The molecule has 0 aliphatic carbocycles. The van der Waals surface area contributed by atoms with Crippen molar-refractivity contribution in [2.75, 3.05) is 6.54 Å². The second-order valence-corrected chi connectivity index (χ2v) is 6.07. The number of nitrogens with zero attached hydrogens (tertiary/aromatic N) is 2. The number of nitrogens with two attached hydrogens (primary N) is 1. The lowest BCUT2D eigenvalue weighted by Crippen LogP contribution is -2.43. The number of amides is 1. The van der Waals surface area contributed by atoms with Gasteiger partial charge >= 0.3 is 0 Å². The van der Waals surface area contributed by atoms with Crippen LogP contribution in [0.5, 0.6) is 0 Å². The quantitative estimate of drug-likeness (QED) is 0.606. The van der Waals surface area contributed by atoms with Gasteiger partial charge in [-0.2, -0.15) is 4.31 Å². The standard InChI is InChI=1S/C9H14N4O4S/c1-5-11-3-8(12-5)18(16,17)13-4-6(14)2-7(13)9(10)15/h3,6-7,14H,2,4H2,1H3,(H2,10,15)(H,11,12). The van der Waals surface area contributed by atoms with Crippen molar-refractivity contribution >= 4 is 15.9 Å². The fraction of sp³-hybridized carbons (Fsp3) is 0.556. The monoisotopic (exact) mass is 274 g/mol. The number of carbonyl (C=O) groups excluding carboxylic acids is 1. The van der Waals surface area contributed by atoms with Crippen molar-refractivity contribution in [3.05, 3.63) is 12.0 Å². The van der Waals surface area contributed by atoms with Gasteiger partial charge in [0.1, 0.15) is 11.9 Å². The third-order valence-corrected chi connectivity index (χ3v) is 4.61. The van der Waals surface area contributed by atoms with Crippen molar-refractivity contribution < 1.29 is 18.3 Å². The van der Waals surface area contributed by atoms with E-state index in [1.807, 2.05) is 0 Å². The largest absolute Gasteiger partial charge is 0.392 e. The summed E-state index contributed by atoms with van der Waals surface area (Å²) in [4.78, 5) is 17.6. The van der Waals surface area contributed by atoms with Gasteiger partial charge in [0.05, 0.1) is 12.3 Å². The van der Waals surface area contributed by atoms with E-state index in [0.29, 0.717) is 5.82 Å². The topological polar surface area (TPSA) is 129 Å². The van der Waals surface area contributed by atoms with E-state index >= 15 is 0 Å². The van der Waals surface area contributed by atoms with Gasteiger partial charge in [0.15, 0.2) is 5.03 Å². The molecular weight excluding hydrogens is 260 g/mol. The second-order valence-electron chi connectivity index (χ2n) is 4.22. The minimum Gasteiger partial charge on any atom is -0.392 e. The maximum atomic E-state index is 12.2. The first-order valence-electron chi connectivity index (χ1n) is 5.33. The van der Waals surface area contributed by atoms with Gasteiger partial charge < -0.3 is 15.8 Å². The summed E-state index contributed by atoms with van der Waals surface area (Å²) in [6.45, 7) is 1.47. The Labute approximate surface area is 104 Å². The maximum Gasteiger partial charge on any atom is 0.260 e. The van der Waals surface area contributed by atoms with E-state index in [1.165, 1.54) is 6.20 Å². The van der Waals surface area contributed by atoms with E-state index in [-0.39, 0.29) is 18.0 Å². The second kappa shape index (κ2) is 4.34. The van der Waals surface area contributed by atoms with Crippen LogP contribution in [0, 0.1) is 6.92 Å². The molecule has 2 atom stereocenters. The van der Waals surface area contributed by atoms with Crippen LogP contribution < -0.4 is 5.73 Å². The molecule has 0 saturated carbocycles. The number of aliphatic hydroxyl groups excluding tert-OH is 1. The highest BCUT2D eigenvalue weighted by atomic mass is 32.2. The molecule has 4 N–H and O–H groups in total. The zero-order valence-corrected chi connectivity index (χ0v) is 10.5. The molecule has 1 saturated heterocycles. The number of aliphatic hydroxyl groups is 1. The van der Waals surface area contributed by atoms with Crippen LogP contribution in [0.2, 0.25) is 0 Å².